The molecule has 0 unspecified atom stereocenters. The number of carbonyl (C=O) groups is 1. The molecular formula is C25H24FN7O2. The molecule has 35 heavy (non-hydrogen) atoms. The van der Waals surface area contributed by atoms with E-state index in [-0.39, 0.29) is 12.2 Å². The topological polar surface area (TPSA) is 99.7 Å². The third-order valence-corrected chi connectivity index (χ3v) is 6.52. The van der Waals surface area contributed by atoms with Crippen molar-refractivity contribution in [1.82, 2.24) is 29.8 Å². The maximum Gasteiger partial charge on any atom is 0.258 e. The van der Waals surface area contributed by atoms with Gasteiger partial charge in [-0.15, -0.1) is 5.10 Å². The van der Waals surface area contributed by atoms with Crippen LogP contribution in [0.15, 0.2) is 42.9 Å². The maximum atomic E-state index is 15.0. The van der Waals surface area contributed by atoms with E-state index in [4.69, 9.17) is 4.74 Å². The van der Waals surface area contributed by atoms with Gasteiger partial charge in [-0.2, -0.15) is 0 Å². The highest BCUT2D eigenvalue weighted by molar-refractivity contribution is 6.06. The van der Waals surface area contributed by atoms with Gasteiger partial charge in [0.1, 0.15) is 12.4 Å². The monoisotopic (exact) mass is 473 g/mol. The zero-order chi connectivity index (χ0) is 24.3. The normalized spacial score (nSPS) is 16.1. The van der Waals surface area contributed by atoms with Gasteiger partial charge in [0.05, 0.1) is 40.1 Å². The molecule has 178 valence electrons. The van der Waals surface area contributed by atoms with Gasteiger partial charge in [-0.1, -0.05) is 6.07 Å². The van der Waals surface area contributed by atoms with E-state index in [1.165, 1.54) is 6.07 Å². The standard InChI is InChI=1S/C25H24FN7O2/c1-14-9-18(26)17(10-21(14)32-11-20(27-13-32)15-7-8-15)24(34)28-19-6-4-5-16-22(19)35-12-25(2,3)33-23(16)29-30-31-33/h4-6,9-11,13,15H,7-8,12H2,1-3H3,(H,28,34). The number of benzene rings is 2. The molecule has 1 fully saturated rings. The summed E-state index contributed by atoms with van der Waals surface area (Å²) in [6.07, 6.45) is 5.95. The second-order valence-corrected chi connectivity index (χ2v) is 9.75. The fraction of sp³-hybridized carbons (Fsp3) is 0.320. The highest BCUT2D eigenvalue weighted by Crippen LogP contribution is 2.41. The Morgan fingerprint density at radius 2 is 2.09 bits per heavy atom. The lowest BCUT2D eigenvalue weighted by Gasteiger charge is -2.22. The quantitative estimate of drug-likeness (QED) is 0.476. The van der Waals surface area contributed by atoms with Crippen LogP contribution in [0.25, 0.3) is 17.1 Å². The Morgan fingerprint density at radius 1 is 1.26 bits per heavy atom. The molecule has 1 aliphatic carbocycles. The predicted molar refractivity (Wildman–Crippen MR) is 126 cm³/mol. The molecule has 3 heterocycles. The van der Waals surface area contributed by atoms with Gasteiger partial charge in [0.25, 0.3) is 5.91 Å². The minimum Gasteiger partial charge on any atom is -0.488 e. The Morgan fingerprint density at radius 3 is 2.89 bits per heavy atom. The molecule has 2 aromatic carbocycles. The van der Waals surface area contributed by atoms with E-state index in [0.29, 0.717) is 40.0 Å². The molecule has 1 amide bonds. The molecule has 2 aromatic heterocycles. The van der Waals surface area contributed by atoms with Crippen LogP contribution in [0.3, 0.4) is 0 Å². The predicted octanol–water partition coefficient (Wildman–Crippen LogP) is 4.23. The fourth-order valence-electron chi connectivity index (χ4n) is 4.40. The van der Waals surface area contributed by atoms with Crippen molar-refractivity contribution in [3.05, 3.63) is 65.5 Å². The molecule has 4 aromatic rings. The first-order valence-corrected chi connectivity index (χ1v) is 11.5. The van der Waals surface area contributed by atoms with Crippen molar-refractivity contribution in [2.24, 2.45) is 0 Å². The molecule has 1 aliphatic heterocycles. The van der Waals surface area contributed by atoms with Crippen molar-refractivity contribution in [3.63, 3.8) is 0 Å². The molecule has 1 saturated carbocycles. The van der Waals surface area contributed by atoms with E-state index >= 15 is 0 Å². The molecule has 0 atom stereocenters. The smallest absolute Gasteiger partial charge is 0.258 e. The lowest BCUT2D eigenvalue weighted by Crippen LogP contribution is -2.33. The van der Waals surface area contributed by atoms with E-state index in [0.717, 1.165) is 18.5 Å². The summed E-state index contributed by atoms with van der Waals surface area (Å²) < 4.78 is 24.6. The number of hydrogen-bond donors (Lipinski definition) is 1. The second-order valence-electron chi connectivity index (χ2n) is 9.75. The number of fused-ring (bicyclic) bond motifs is 3. The van der Waals surface area contributed by atoms with Crippen molar-refractivity contribution in [2.45, 2.75) is 45.1 Å². The summed E-state index contributed by atoms with van der Waals surface area (Å²) in [6.45, 7) is 6.03. The van der Waals surface area contributed by atoms with Gasteiger partial charge in [-0.25, -0.2) is 14.1 Å². The first-order chi connectivity index (χ1) is 16.8. The Kier molecular flexibility index (Phi) is 4.73. The van der Waals surface area contributed by atoms with Crippen LogP contribution in [0.5, 0.6) is 5.75 Å². The molecule has 0 saturated heterocycles. The van der Waals surface area contributed by atoms with Gasteiger partial charge in [-0.05, 0) is 73.9 Å². The molecule has 10 heteroatoms. The van der Waals surface area contributed by atoms with Gasteiger partial charge in [0.2, 0.25) is 0 Å². The number of nitrogens with zero attached hydrogens (tertiary/aromatic N) is 6. The van der Waals surface area contributed by atoms with Crippen molar-refractivity contribution < 1.29 is 13.9 Å². The van der Waals surface area contributed by atoms with Crippen LogP contribution in [0, 0.1) is 12.7 Å². The highest BCUT2D eigenvalue weighted by atomic mass is 19.1. The van der Waals surface area contributed by atoms with E-state index in [1.807, 2.05) is 37.6 Å². The molecule has 6 rings (SSSR count). The average Bonchev–Trinajstić information content (AvgIpc) is 3.36. The Balaban J connectivity index is 1.35. The average molecular weight is 474 g/mol. The number of para-hydroxylation sites is 1. The Hall–Kier alpha value is -4.08. The van der Waals surface area contributed by atoms with Gasteiger partial charge in [0, 0.05) is 12.1 Å². The first-order valence-electron chi connectivity index (χ1n) is 11.5. The first kappa shape index (κ1) is 21.5. The molecule has 0 bridgehead atoms. The number of aryl methyl sites for hydroxylation is 1. The number of rotatable bonds is 4. The lowest BCUT2D eigenvalue weighted by atomic mass is 10.1. The summed E-state index contributed by atoms with van der Waals surface area (Å²) in [7, 11) is 0. The summed E-state index contributed by atoms with van der Waals surface area (Å²) in [5.74, 6) is 0.303. The molecule has 0 spiro atoms. The Labute approximate surface area is 200 Å². The number of hydrogen-bond acceptors (Lipinski definition) is 6. The van der Waals surface area contributed by atoms with Crippen molar-refractivity contribution in [1.29, 1.82) is 0 Å². The molecule has 1 N–H and O–H groups in total. The number of halogens is 1. The summed E-state index contributed by atoms with van der Waals surface area (Å²) in [4.78, 5) is 17.7. The number of nitrogens with one attached hydrogen (secondary N) is 1. The van der Waals surface area contributed by atoms with Crippen LogP contribution in [0.2, 0.25) is 0 Å². The van der Waals surface area contributed by atoms with Crippen molar-refractivity contribution in [3.8, 4) is 22.8 Å². The minimum absolute atomic E-state index is 0.0661. The summed E-state index contributed by atoms with van der Waals surface area (Å²) in [5.41, 5.74) is 2.94. The van der Waals surface area contributed by atoms with Crippen molar-refractivity contribution in [2.75, 3.05) is 11.9 Å². The van der Waals surface area contributed by atoms with Crippen molar-refractivity contribution >= 4 is 11.6 Å². The SMILES string of the molecule is Cc1cc(F)c(C(=O)Nc2cccc3c2OCC(C)(C)n2nnnc2-3)cc1-n1cnc(C2CC2)c1. The van der Waals surface area contributed by atoms with E-state index in [2.05, 4.69) is 25.8 Å². The van der Waals surface area contributed by atoms with Gasteiger partial charge >= 0.3 is 0 Å². The van der Waals surface area contributed by atoms with Crippen LogP contribution < -0.4 is 10.1 Å². The van der Waals surface area contributed by atoms with E-state index in [1.54, 1.807) is 29.2 Å². The lowest BCUT2D eigenvalue weighted by molar-refractivity contribution is 0.102. The van der Waals surface area contributed by atoms with Gasteiger partial charge in [0.15, 0.2) is 11.6 Å². The summed E-state index contributed by atoms with van der Waals surface area (Å²) >= 11 is 0. The fourth-order valence-corrected chi connectivity index (χ4v) is 4.40. The largest absolute Gasteiger partial charge is 0.488 e. The van der Waals surface area contributed by atoms with Gasteiger partial charge in [-0.3, -0.25) is 4.79 Å². The number of anilines is 1. The third kappa shape index (κ3) is 3.65. The summed E-state index contributed by atoms with van der Waals surface area (Å²) in [5, 5.41) is 14.9. The molecular weight excluding hydrogens is 449 g/mol. The van der Waals surface area contributed by atoms with Crippen LogP contribution >= 0.6 is 0 Å². The third-order valence-electron chi connectivity index (χ3n) is 6.52. The van der Waals surface area contributed by atoms with E-state index in [9.17, 15) is 9.18 Å². The van der Waals surface area contributed by atoms with Crippen LogP contribution in [0.1, 0.15) is 54.2 Å². The van der Waals surface area contributed by atoms with E-state index < -0.39 is 17.3 Å². The second kappa shape index (κ2) is 7.72. The molecule has 2 aliphatic rings. The van der Waals surface area contributed by atoms with Crippen LogP contribution in [0.4, 0.5) is 10.1 Å². The number of tetrazole rings is 1. The number of imidazole rings is 1. The summed E-state index contributed by atoms with van der Waals surface area (Å²) in [6, 6.07) is 8.25. The molecule has 0 radical (unpaired) electrons. The van der Waals surface area contributed by atoms with Crippen LogP contribution in [-0.2, 0) is 5.54 Å². The highest BCUT2D eigenvalue weighted by Gasteiger charge is 2.33. The zero-order valence-electron chi connectivity index (χ0n) is 19.6. The maximum absolute atomic E-state index is 15.0. The Bertz CT molecular complexity index is 1470. The number of amides is 1. The number of aromatic nitrogens is 6. The minimum atomic E-state index is -0.598. The number of carbonyl (C=O) groups excluding carboxylic acids is 1. The van der Waals surface area contributed by atoms with Gasteiger partial charge < -0.3 is 14.6 Å². The number of ether oxygens (including phenoxy) is 1. The molecule has 9 nitrogen and oxygen atoms in total. The zero-order valence-corrected chi connectivity index (χ0v) is 19.6. The van der Waals surface area contributed by atoms with Crippen LogP contribution in [-0.4, -0.2) is 42.3 Å².